The molecule has 30 heavy (non-hydrogen) atoms. The SMILES string of the molecule is CCNc1cccc(-c2ccn3c(-c4ccnc(-c5ccccc5)c4)cnc3c2)c1. The maximum absolute atomic E-state index is 4.67. The molecule has 4 heteroatoms. The minimum absolute atomic E-state index is 0.906. The summed E-state index contributed by atoms with van der Waals surface area (Å²) in [5.74, 6) is 0. The molecular formula is C26H22N4. The van der Waals surface area contributed by atoms with E-state index in [9.17, 15) is 0 Å². The Kier molecular flexibility index (Phi) is 4.74. The molecule has 5 aromatic rings. The molecule has 3 heterocycles. The van der Waals surface area contributed by atoms with Crippen molar-refractivity contribution in [3.63, 3.8) is 0 Å². The van der Waals surface area contributed by atoms with Crippen LogP contribution in [0.25, 0.3) is 39.3 Å². The van der Waals surface area contributed by atoms with Gasteiger partial charge in [0.15, 0.2) is 0 Å². The molecular weight excluding hydrogens is 368 g/mol. The Hall–Kier alpha value is -3.92. The van der Waals surface area contributed by atoms with E-state index in [-0.39, 0.29) is 0 Å². The van der Waals surface area contributed by atoms with Gasteiger partial charge in [-0.15, -0.1) is 0 Å². The molecule has 0 saturated heterocycles. The van der Waals surface area contributed by atoms with Crippen LogP contribution in [0.4, 0.5) is 5.69 Å². The van der Waals surface area contributed by atoms with E-state index in [1.54, 1.807) is 0 Å². The number of anilines is 1. The third kappa shape index (κ3) is 3.44. The van der Waals surface area contributed by atoms with Crippen LogP contribution in [0.3, 0.4) is 0 Å². The number of pyridine rings is 2. The monoisotopic (exact) mass is 390 g/mol. The molecule has 0 amide bonds. The number of rotatable bonds is 5. The highest BCUT2D eigenvalue weighted by Crippen LogP contribution is 2.28. The van der Waals surface area contributed by atoms with E-state index in [1.165, 1.54) is 5.56 Å². The van der Waals surface area contributed by atoms with E-state index in [0.29, 0.717) is 0 Å². The third-order valence-corrected chi connectivity index (χ3v) is 5.22. The first kappa shape index (κ1) is 18.1. The molecule has 0 radical (unpaired) electrons. The second-order valence-electron chi connectivity index (χ2n) is 7.19. The van der Waals surface area contributed by atoms with E-state index < -0.39 is 0 Å². The van der Waals surface area contributed by atoms with Crippen LogP contribution in [-0.4, -0.2) is 20.9 Å². The molecule has 5 rings (SSSR count). The average Bonchev–Trinajstić information content (AvgIpc) is 3.24. The van der Waals surface area contributed by atoms with Crippen LogP contribution >= 0.6 is 0 Å². The zero-order valence-corrected chi connectivity index (χ0v) is 16.8. The fourth-order valence-electron chi connectivity index (χ4n) is 3.74. The standard InChI is InChI=1S/C26H22N4/c1-2-27-23-10-6-9-20(15-23)21-12-14-30-25(18-29-26(30)17-21)22-11-13-28-24(16-22)19-7-4-3-5-8-19/h3-18,27H,2H2,1H3. The van der Waals surface area contributed by atoms with Crippen molar-refractivity contribution < 1.29 is 0 Å². The van der Waals surface area contributed by atoms with Gasteiger partial charge in [0, 0.05) is 35.8 Å². The highest BCUT2D eigenvalue weighted by atomic mass is 15.0. The lowest BCUT2D eigenvalue weighted by atomic mass is 10.1. The third-order valence-electron chi connectivity index (χ3n) is 5.22. The number of imidazole rings is 1. The van der Waals surface area contributed by atoms with E-state index in [0.717, 1.165) is 46.0 Å². The largest absolute Gasteiger partial charge is 0.385 e. The smallest absolute Gasteiger partial charge is 0.137 e. The Morgan fingerprint density at radius 2 is 1.60 bits per heavy atom. The Labute approximate surface area is 175 Å². The molecule has 3 aromatic heterocycles. The van der Waals surface area contributed by atoms with Crippen molar-refractivity contribution >= 4 is 11.3 Å². The van der Waals surface area contributed by atoms with Gasteiger partial charge in [0.2, 0.25) is 0 Å². The molecule has 146 valence electrons. The fourth-order valence-corrected chi connectivity index (χ4v) is 3.74. The summed E-state index contributed by atoms with van der Waals surface area (Å²) in [4.78, 5) is 9.21. The summed E-state index contributed by atoms with van der Waals surface area (Å²) in [6, 6.07) is 27.1. The van der Waals surface area contributed by atoms with Crippen LogP contribution in [0.1, 0.15) is 6.92 Å². The predicted octanol–water partition coefficient (Wildman–Crippen LogP) is 6.16. The molecule has 0 spiro atoms. The van der Waals surface area contributed by atoms with E-state index >= 15 is 0 Å². The van der Waals surface area contributed by atoms with E-state index in [1.807, 2.05) is 36.7 Å². The van der Waals surface area contributed by atoms with Crippen LogP contribution in [-0.2, 0) is 0 Å². The van der Waals surface area contributed by atoms with Gasteiger partial charge in [0.05, 0.1) is 17.6 Å². The first-order valence-electron chi connectivity index (χ1n) is 10.1. The lowest BCUT2D eigenvalue weighted by Crippen LogP contribution is -1.96. The molecule has 0 aliphatic carbocycles. The van der Waals surface area contributed by atoms with Crippen molar-refractivity contribution in [1.82, 2.24) is 14.4 Å². The first-order chi connectivity index (χ1) is 14.8. The van der Waals surface area contributed by atoms with E-state index in [4.69, 9.17) is 0 Å². The Morgan fingerprint density at radius 3 is 2.47 bits per heavy atom. The number of hydrogen-bond acceptors (Lipinski definition) is 3. The first-order valence-corrected chi connectivity index (χ1v) is 10.1. The highest BCUT2D eigenvalue weighted by molar-refractivity contribution is 5.74. The van der Waals surface area contributed by atoms with Crippen molar-refractivity contribution in [2.45, 2.75) is 6.92 Å². The van der Waals surface area contributed by atoms with Crippen molar-refractivity contribution in [2.24, 2.45) is 0 Å². The van der Waals surface area contributed by atoms with Gasteiger partial charge < -0.3 is 5.32 Å². The minimum Gasteiger partial charge on any atom is -0.385 e. The molecule has 0 fully saturated rings. The molecule has 0 saturated carbocycles. The molecule has 1 N–H and O–H groups in total. The Morgan fingerprint density at radius 1 is 0.767 bits per heavy atom. The van der Waals surface area contributed by atoms with Gasteiger partial charge in [-0.05, 0) is 54.4 Å². The summed E-state index contributed by atoms with van der Waals surface area (Å²) in [5, 5.41) is 3.37. The van der Waals surface area contributed by atoms with Crippen LogP contribution in [0.5, 0.6) is 0 Å². The van der Waals surface area contributed by atoms with Crippen LogP contribution in [0, 0.1) is 0 Å². The average molecular weight is 390 g/mol. The lowest BCUT2D eigenvalue weighted by molar-refractivity contribution is 1.19. The minimum atomic E-state index is 0.906. The van der Waals surface area contributed by atoms with Crippen molar-refractivity contribution in [3.8, 4) is 33.6 Å². The fraction of sp³-hybridized carbons (Fsp3) is 0.0769. The Balaban J connectivity index is 1.53. The molecule has 0 atom stereocenters. The normalized spacial score (nSPS) is 11.0. The summed E-state index contributed by atoms with van der Waals surface area (Å²) in [7, 11) is 0. The number of nitrogens with one attached hydrogen (secondary N) is 1. The van der Waals surface area contributed by atoms with Crippen molar-refractivity contribution in [2.75, 3.05) is 11.9 Å². The summed E-state index contributed by atoms with van der Waals surface area (Å²) < 4.78 is 2.13. The Bertz CT molecular complexity index is 1310. The predicted molar refractivity (Wildman–Crippen MR) is 123 cm³/mol. The number of aromatic nitrogens is 3. The summed E-state index contributed by atoms with van der Waals surface area (Å²) in [5.41, 5.74) is 8.60. The summed E-state index contributed by atoms with van der Waals surface area (Å²) in [6.07, 6.45) is 5.88. The molecule has 0 aliphatic heterocycles. The van der Waals surface area contributed by atoms with Gasteiger partial charge in [-0.3, -0.25) is 9.38 Å². The van der Waals surface area contributed by atoms with Gasteiger partial charge in [-0.1, -0.05) is 42.5 Å². The number of nitrogens with zero attached hydrogens (tertiary/aromatic N) is 3. The molecule has 0 bridgehead atoms. The highest BCUT2D eigenvalue weighted by Gasteiger charge is 2.09. The van der Waals surface area contributed by atoms with Gasteiger partial charge in [-0.2, -0.15) is 0 Å². The topological polar surface area (TPSA) is 42.2 Å². The number of fused-ring (bicyclic) bond motifs is 1. The molecule has 2 aromatic carbocycles. The van der Waals surface area contributed by atoms with E-state index in [2.05, 4.69) is 87.4 Å². The zero-order valence-electron chi connectivity index (χ0n) is 16.8. The molecule has 0 aliphatic rings. The van der Waals surface area contributed by atoms with Gasteiger partial charge in [-0.25, -0.2) is 4.98 Å². The number of hydrogen-bond donors (Lipinski definition) is 1. The molecule has 4 nitrogen and oxygen atoms in total. The van der Waals surface area contributed by atoms with Crippen LogP contribution in [0.2, 0.25) is 0 Å². The quantitative estimate of drug-likeness (QED) is 0.391. The van der Waals surface area contributed by atoms with Crippen LogP contribution in [0.15, 0.2) is 97.5 Å². The van der Waals surface area contributed by atoms with Crippen molar-refractivity contribution in [1.29, 1.82) is 0 Å². The maximum Gasteiger partial charge on any atom is 0.137 e. The van der Waals surface area contributed by atoms with Gasteiger partial charge >= 0.3 is 0 Å². The van der Waals surface area contributed by atoms with Crippen LogP contribution < -0.4 is 5.32 Å². The van der Waals surface area contributed by atoms with Crippen molar-refractivity contribution in [3.05, 3.63) is 97.5 Å². The summed E-state index contributed by atoms with van der Waals surface area (Å²) >= 11 is 0. The molecule has 0 unspecified atom stereocenters. The summed E-state index contributed by atoms with van der Waals surface area (Å²) in [6.45, 7) is 3.01. The second-order valence-corrected chi connectivity index (χ2v) is 7.19. The zero-order chi connectivity index (χ0) is 20.3. The second kappa shape index (κ2) is 7.84. The van der Waals surface area contributed by atoms with Gasteiger partial charge in [0.1, 0.15) is 5.65 Å². The number of benzene rings is 2. The maximum atomic E-state index is 4.67. The van der Waals surface area contributed by atoms with Gasteiger partial charge in [0.25, 0.3) is 0 Å². The lowest BCUT2D eigenvalue weighted by Gasteiger charge is -2.08.